The maximum atomic E-state index is 13.5. The van der Waals surface area contributed by atoms with Crippen molar-refractivity contribution < 1.29 is 18.7 Å². The highest BCUT2D eigenvalue weighted by molar-refractivity contribution is 5.66. The Hall–Kier alpha value is -1.49. The highest BCUT2D eigenvalue weighted by Gasteiger charge is 2.29. The van der Waals surface area contributed by atoms with Gasteiger partial charge in [0.15, 0.2) is 0 Å². The van der Waals surface area contributed by atoms with Crippen molar-refractivity contribution in [1.29, 1.82) is 0 Å². The number of carboxylic acids is 1. The third-order valence-corrected chi connectivity index (χ3v) is 3.06. The van der Waals surface area contributed by atoms with Crippen LogP contribution in [0.4, 0.5) is 8.78 Å². The molecule has 1 saturated carbocycles. The summed E-state index contributed by atoms with van der Waals surface area (Å²) in [6.07, 6.45) is 2.07. The average Bonchev–Trinajstić information content (AvgIpc) is 3.10. The second kappa shape index (κ2) is 5.44. The Balaban J connectivity index is 2.01. The van der Waals surface area contributed by atoms with Gasteiger partial charge in [-0.05, 0) is 18.9 Å². The third kappa shape index (κ3) is 3.50. The Labute approximate surface area is 104 Å². The summed E-state index contributed by atoms with van der Waals surface area (Å²) in [5.74, 6) is -2.03. The van der Waals surface area contributed by atoms with Crippen LogP contribution in [0.25, 0.3) is 0 Å². The molecule has 0 saturated heterocycles. The SMILES string of the molecule is O=C(O)CCN(Cc1ccc(F)cc1F)C1CC1. The van der Waals surface area contributed by atoms with Gasteiger partial charge in [-0.2, -0.15) is 0 Å². The Kier molecular flexibility index (Phi) is 3.91. The molecule has 1 aliphatic carbocycles. The van der Waals surface area contributed by atoms with Crippen molar-refractivity contribution in [2.24, 2.45) is 0 Å². The molecule has 0 heterocycles. The number of hydrogen-bond donors (Lipinski definition) is 1. The van der Waals surface area contributed by atoms with Crippen LogP contribution >= 0.6 is 0 Å². The molecule has 0 aromatic heterocycles. The van der Waals surface area contributed by atoms with Gasteiger partial charge in [-0.25, -0.2) is 8.78 Å². The lowest BCUT2D eigenvalue weighted by Gasteiger charge is -2.21. The minimum atomic E-state index is -0.861. The van der Waals surface area contributed by atoms with E-state index in [1.165, 1.54) is 12.1 Å². The van der Waals surface area contributed by atoms with Gasteiger partial charge < -0.3 is 5.11 Å². The van der Waals surface area contributed by atoms with Crippen LogP contribution in [0, 0.1) is 11.6 Å². The molecule has 1 aliphatic rings. The minimum Gasteiger partial charge on any atom is -0.481 e. The van der Waals surface area contributed by atoms with Gasteiger partial charge in [0.2, 0.25) is 0 Å². The summed E-state index contributed by atoms with van der Waals surface area (Å²) in [6, 6.07) is 3.84. The smallest absolute Gasteiger partial charge is 0.304 e. The fourth-order valence-electron chi connectivity index (χ4n) is 1.94. The predicted octanol–water partition coefficient (Wildman–Crippen LogP) is 2.40. The van der Waals surface area contributed by atoms with Crippen LogP contribution in [0.2, 0.25) is 0 Å². The molecule has 2 rings (SSSR count). The number of halogens is 2. The van der Waals surface area contributed by atoms with Gasteiger partial charge in [0.25, 0.3) is 0 Å². The van der Waals surface area contributed by atoms with Crippen LogP contribution in [0.3, 0.4) is 0 Å². The van der Waals surface area contributed by atoms with Gasteiger partial charge in [0.1, 0.15) is 11.6 Å². The van der Waals surface area contributed by atoms with E-state index in [-0.39, 0.29) is 6.42 Å². The summed E-state index contributed by atoms with van der Waals surface area (Å²) in [5.41, 5.74) is 0.411. The van der Waals surface area contributed by atoms with Crippen molar-refractivity contribution in [2.75, 3.05) is 6.54 Å². The van der Waals surface area contributed by atoms with Crippen LogP contribution < -0.4 is 0 Å². The van der Waals surface area contributed by atoms with Crippen molar-refractivity contribution in [3.8, 4) is 0 Å². The van der Waals surface area contributed by atoms with Gasteiger partial charge in [0, 0.05) is 30.8 Å². The summed E-state index contributed by atoms with van der Waals surface area (Å²) >= 11 is 0. The Morgan fingerprint density at radius 3 is 2.67 bits per heavy atom. The molecule has 0 bridgehead atoms. The second-order valence-corrected chi connectivity index (χ2v) is 4.58. The second-order valence-electron chi connectivity index (χ2n) is 4.58. The van der Waals surface area contributed by atoms with Crippen LogP contribution in [0.15, 0.2) is 18.2 Å². The number of carboxylic acid groups (broad SMARTS) is 1. The van der Waals surface area contributed by atoms with E-state index < -0.39 is 17.6 Å². The zero-order valence-electron chi connectivity index (χ0n) is 9.90. The molecular formula is C13H15F2NO2. The summed E-state index contributed by atoms with van der Waals surface area (Å²) in [5, 5.41) is 8.67. The Morgan fingerprint density at radius 2 is 2.11 bits per heavy atom. The van der Waals surface area contributed by atoms with Gasteiger partial charge in [0.05, 0.1) is 6.42 Å². The van der Waals surface area contributed by atoms with Crippen LogP contribution in [0.1, 0.15) is 24.8 Å². The standard InChI is InChI=1S/C13H15F2NO2/c14-10-2-1-9(12(15)7-10)8-16(11-3-4-11)6-5-13(17)18/h1-2,7,11H,3-6,8H2,(H,17,18). The molecule has 3 nitrogen and oxygen atoms in total. The van der Waals surface area contributed by atoms with Crippen LogP contribution in [-0.4, -0.2) is 28.6 Å². The molecule has 0 aliphatic heterocycles. The van der Waals surface area contributed by atoms with E-state index in [0.29, 0.717) is 24.7 Å². The van der Waals surface area contributed by atoms with Crippen molar-refractivity contribution in [2.45, 2.75) is 31.8 Å². The number of aliphatic carboxylic acids is 1. The first-order valence-electron chi connectivity index (χ1n) is 5.96. The third-order valence-electron chi connectivity index (χ3n) is 3.06. The molecule has 0 unspecified atom stereocenters. The topological polar surface area (TPSA) is 40.5 Å². The summed E-state index contributed by atoms with van der Waals surface area (Å²) in [7, 11) is 0. The Bertz CT molecular complexity index is 447. The zero-order valence-corrected chi connectivity index (χ0v) is 9.90. The number of hydrogen-bond acceptors (Lipinski definition) is 2. The minimum absolute atomic E-state index is 0.0410. The van der Waals surface area contributed by atoms with Crippen LogP contribution in [0.5, 0.6) is 0 Å². The molecule has 1 aromatic carbocycles. The van der Waals surface area contributed by atoms with Gasteiger partial charge in [-0.1, -0.05) is 6.07 Å². The molecule has 0 spiro atoms. The van der Waals surface area contributed by atoms with Crippen molar-refractivity contribution in [3.63, 3.8) is 0 Å². The van der Waals surface area contributed by atoms with Gasteiger partial charge in [-0.15, -0.1) is 0 Å². The van der Waals surface area contributed by atoms with E-state index in [1.807, 2.05) is 4.90 Å². The quantitative estimate of drug-likeness (QED) is 0.848. The first-order chi connectivity index (χ1) is 8.56. The molecule has 1 aromatic rings. The molecular weight excluding hydrogens is 240 g/mol. The normalized spacial score (nSPS) is 15.1. The van der Waals surface area contributed by atoms with Crippen LogP contribution in [-0.2, 0) is 11.3 Å². The highest BCUT2D eigenvalue weighted by atomic mass is 19.1. The van der Waals surface area contributed by atoms with Crippen molar-refractivity contribution >= 4 is 5.97 Å². The molecule has 0 amide bonds. The lowest BCUT2D eigenvalue weighted by atomic mass is 10.2. The fourth-order valence-corrected chi connectivity index (χ4v) is 1.94. The number of benzene rings is 1. The van der Waals surface area contributed by atoms with E-state index in [2.05, 4.69) is 0 Å². The molecule has 18 heavy (non-hydrogen) atoms. The van der Waals surface area contributed by atoms with E-state index in [9.17, 15) is 13.6 Å². The number of carbonyl (C=O) groups is 1. The first-order valence-corrected chi connectivity index (χ1v) is 5.96. The Morgan fingerprint density at radius 1 is 1.39 bits per heavy atom. The van der Waals surface area contributed by atoms with Crippen molar-refractivity contribution in [3.05, 3.63) is 35.4 Å². The maximum absolute atomic E-state index is 13.5. The maximum Gasteiger partial charge on any atom is 0.304 e. The van der Waals surface area contributed by atoms with Gasteiger partial charge in [-0.3, -0.25) is 9.69 Å². The predicted molar refractivity (Wildman–Crippen MR) is 62.0 cm³/mol. The molecule has 98 valence electrons. The van der Waals surface area contributed by atoms with E-state index >= 15 is 0 Å². The summed E-state index contributed by atoms with van der Waals surface area (Å²) in [4.78, 5) is 12.5. The average molecular weight is 255 g/mol. The molecule has 1 N–H and O–H groups in total. The molecule has 0 atom stereocenters. The summed E-state index contributed by atoms with van der Waals surface area (Å²) < 4.78 is 26.3. The monoisotopic (exact) mass is 255 g/mol. The molecule has 5 heteroatoms. The molecule has 1 fully saturated rings. The van der Waals surface area contributed by atoms with E-state index in [1.54, 1.807) is 0 Å². The fraction of sp³-hybridized carbons (Fsp3) is 0.462. The lowest BCUT2D eigenvalue weighted by molar-refractivity contribution is -0.137. The zero-order chi connectivity index (χ0) is 13.1. The lowest BCUT2D eigenvalue weighted by Crippen LogP contribution is -2.28. The largest absolute Gasteiger partial charge is 0.481 e. The highest BCUT2D eigenvalue weighted by Crippen LogP contribution is 2.28. The van der Waals surface area contributed by atoms with Gasteiger partial charge >= 0.3 is 5.97 Å². The first kappa shape index (κ1) is 13.0. The van der Waals surface area contributed by atoms with E-state index in [4.69, 9.17) is 5.11 Å². The number of rotatable bonds is 6. The molecule has 0 radical (unpaired) electrons. The summed E-state index contributed by atoms with van der Waals surface area (Å²) in [6.45, 7) is 0.737. The van der Waals surface area contributed by atoms with Crippen molar-refractivity contribution in [1.82, 2.24) is 4.90 Å². The van der Waals surface area contributed by atoms with E-state index in [0.717, 1.165) is 18.9 Å². The number of nitrogens with zero attached hydrogens (tertiary/aromatic N) is 1.